The van der Waals surface area contributed by atoms with Gasteiger partial charge in [0.2, 0.25) is 0 Å². The van der Waals surface area contributed by atoms with Crippen molar-refractivity contribution in [1.29, 1.82) is 5.26 Å². The first-order chi connectivity index (χ1) is 7.54. The number of hydrogen-bond donors (Lipinski definition) is 1. The van der Waals surface area contributed by atoms with E-state index in [-0.39, 0.29) is 6.04 Å². The maximum absolute atomic E-state index is 8.68. The van der Waals surface area contributed by atoms with Gasteiger partial charge in [-0.2, -0.15) is 5.26 Å². The molecule has 0 aliphatic rings. The van der Waals surface area contributed by atoms with Crippen molar-refractivity contribution >= 4 is 11.6 Å². The van der Waals surface area contributed by atoms with Crippen LogP contribution in [-0.2, 0) is 0 Å². The maximum atomic E-state index is 8.68. The van der Waals surface area contributed by atoms with Gasteiger partial charge in [0.15, 0.2) is 5.96 Å². The van der Waals surface area contributed by atoms with Gasteiger partial charge in [-0.3, -0.25) is 4.99 Å². The predicted molar refractivity (Wildman–Crippen MR) is 66.3 cm³/mol. The molecule has 0 fully saturated rings. The molecule has 84 valence electrons. The molecule has 2 N–H and O–H groups in total. The molecule has 0 radical (unpaired) electrons. The molecule has 4 nitrogen and oxygen atoms in total. The Hall–Kier alpha value is -2.02. The van der Waals surface area contributed by atoms with Crippen LogP contribution in [0.1, 0.15) is 19.4 Å². The lowest BCUT2D eigenvalue weighted by atomic mass is 10.2. The second-order valence-corrected chi connectivity index (χ2v) is 3.80. The summed E-state index contributed by atoms with van der Waals surface area (Å²) in [6.45, 7) is 3.94. The monoisotopic (exact) mass is 216 g/mol. The van der Waals surface area contributed by atoms with Crippen molar-refractivity contribution in [3.8, 4) is 6.07 Å². The average molecular weight is 216 g/mol. The number of nitrogens with two attached hydrogens (primary N) is 1. The fourth-order valence-corrected chi connectivity index (χ4v) is 1.24. The van der Waals surface area contributed by atoms with E-state index in [1.54, 1.807) is 17.0 Å². The third-order valence-electron chi connectivity index (χ3n) is 2.12. The normalized spacial score (nSPS) is 11.3. The van der Waals surface area contributed by atoms with Gasteiger partial charge >= 0.3 is 0 Å². The summed E-state index contributed by atoms with van der Waals surface area (Å²) in [6, 6.07) is 9.46. The van der Waals surface area contributed by atoms with Crippen molar-refractivity contribution in [2.75, 3.05) is 11.9 Å². The van der Waals surface area contributed by atoms with Gasteiger partial charge < -0.3 is 10.6 Å². The molecule has 0 bridgehead atoms. The Morgan fingerprint density at radius 3 is 2.38 bits per heavy atom. The van der Waals surface area contributed by atoms with Crippen molar-refractivity contribution in [3.63, 3.8) is 0 Å². The minimum Gasteiger partial charge on any atom is -0.370 e. The van der Waals surface area contributed by atoms with Crippen LogP contribution in [0.5, 0.6) is 0 Å². The number of hydrogen-bond acceptors (Lipinski definition) is 2. The lowest BCUT2D eigenvalue weighted by molar-refractivity contribution is 0.828. The topological polar surface area (TPSA) is 65.4 Å². The molecule has 0 heterocycles. The summed E-state index contributed by atoms with van der Waals surface area (Å²) < 4.78 is 0. The zero-order valence-corrected chi connectivity index (χ0v) is 9.81. The lowest BCUT2D eigenvalue weighted by Gasteiger charge is -2.18. The summed E-state index contributed by atoms with van der Waals surface area (Å²) >= 11 is 0. The van der Waals surface area contributed by atoms with Crippen molar-refractivity contribution < 1.29 is 0 Å². The van der Waals surface area contributed by atoms with Gasteiger partial charge in [-0.15, -0.1) is 0 Å². The van der Waals surface area contributed by atoms with Gasteiger partial charge in [0.25, 0.3) is 0 Å². The van der Waals surface area contributed by atoms with Crippen molar-refractivity contribution in [2.45, 2.75) is 19.9 Å². The largest absolute Gasteiger partial charge is 0.370 e. The standard InChI is InChI=1S/C12H16N4/c1-9(2)15-12(14)16(3)11-6-4-10(8-13)5-7-11/h4-7,9H,1-3H3,(H2,14,15). The van der Waals surface area contributed by atoms with Gasteiger partial charge in [-0.1, -0.05) is 0 Å². The van der Waals surface area contributed by atoms with Crippen LogP contribution in [0.15, 0.2) is 29.3 Å². The zero-order chi connectivity index (χ0) is 12.1. The molecule has 0 atom stereocenters. The molecule has 0 aliphatic carbocycles. The van der Waals surface area contributed by atoms with Gasteiger partial charge in [0, 0.05) is 18.8 Å². The molecule has 0 saturated carbocycles. The minimum absolute atomic E-state index is 0.167. The Bertz CT molecular complexity index is 412. The van der Waals surface area contributed by atoms with E-state index in [2.05, 4.69) is 11.1 Å². The minimum atomic E-state index is 0.167. The summed E-state index contributed by atoms with van der Waals surface area (Å²) in [4.78, 5) is 6.04. The molecule has 0 unspecified atom stereocenters. The fourth-order valence-electron chi connectivity index (χ4n) is 1.24. The van der Waals surface area contributed by atoms with Gasteiger partial charge in [-0.05, 0) is 38.1 Å². The van der Waals surface area contributed by atoms with Crippen LogP contribution in [-0.4, -0.2) is 19.0 Å². The van der Waals surface area contributed by atoms with Gasteiger partial charge in [-0.25, -0.2) is 0 Å². The average Bonchev–Trinajstić information content (AvgIpc) is 2.27. The second-order valence-electron chi connectivity index (χ2n) is 3.80. The summed E-state index contributed by atoms with van der Waals surface area (Å²) in [7, 11) is 1.85. The smallest absolute Gasteiger partial charge is 0.195 e. The van der Waals surface area contributed by atoms with Crippen LogP contribution in [0.25, 0.3) is 0 Å². The number of benzene rings is 1. The number of nitriles is 1. The summed E-state index contributed by atoms with van der Waals surface area (Å²) in [5.74, 6) is 0.472. The molecular formula is C12H16N4. The summed E-state index contributed by atoms with van der Waals surface area (Å²) in [5, 5.41) is 8.68. The molecular weight excluding hydrogens is 200 g/mol. The van der Waals surface area contributed by atoms with Crippen molar-refractivity contribution in [1.82, 2.24) is 0 Å². The highest BCUT2D eigenvalue weighted by Crippen LogP contribution is 2.13. The van der Waals surface area contributed by atoms with E-state index < -0.39 is 0 Å². The van der Waals surface area contributed by atoms with Crippen LogP contribution < -0.4 is 10.6 Å². The highest BCUT2D eigenvalue weighted by Gasteiger charge is 2.05. The van der Waals surface area contributed by atoms with Crippen LogP contribution >= 0.6 is 0 Å². The Kier molecular flexibility index (Phi) is 3.90. The maximum Gasteiger partial charge on any atom is 0.195 e. The van der Waals surface area contributed by atoms with Crippen molar-refractivity contribution in [3.05, 3.63) is 29.8 Å². The molecule has 0 spiro atoms. The first-order valence-electron chi connectivity index (χ1n) is 5.11. The third kappa shape index (κ3) is 2.99. The molecule has 1 aromatic rings. The van der Waals surface area contributed by atoms with Crippen LogP contribution in [0.2, 0.25) is 0 Å². The fraction of sp³-hybridized carbons (Fsp3) is 0.333. The molecule has 16 heavy (non-hydrogen) atoms. The number of aliphatic imine (C=N–C) groups is 1. The Morgan fingerprint density at radius 1 is 1.38 bits per heavy atom. The first-order valence-corrected chi connectivity index (χ1v) is 5.11. The van der Waals surface area contributed by atoms with E-state index in [1.165, 1.54) is 0 Å². The Labute approximate surface area is 96.0 Å². The van der Waals surface area contributed by atoms with E-state index in [1.807, 2.05) is 33.0 Å². The molecule has 0 aliphatic heterocycles. The van der Waals surface area contributed by atoms with Crippen LogP contribution in [0, 0.1) is 11.3 Å². The molecule has 0 aromatic heterocycles. The van der Waals surface area contributed by atoms with Gasteiger partial charge in [0.05, 0.1) is 11.6 Å². The second kappa shape index (κ2) is 5.17. The number of anilines is 1. The lowest BCUT2D eigenvalue weighted by Crippen LogP contribution is -2.34. The van der Waals surface area contributed by atoms with Gasteiger partial charge in [0.1, 0.15) is 0 Å². The van der Waals surface area contributed by atoms with Crippen LogP contribution in [0.4, 0.5) is 5.69 Å². The van der Waals surface area contributed by atoms with E-state index in [4.69, 9.17) is 11.0 Å². The quantitative estimate of drug-likeness (QED) is 0.604. The number of guanidine groups is 1. The molecule has 1 rings (SSSR count). The highest BCUT2D eigenvalue weighted by atomic mass is 15.2. The third-order valence-corrected chi connectivity index (χ3v) is 2.12. The highest BCUT2D eigenvalue weighted by molar-refractivity contribution is 5.94. The Balaban J connectivity index is 2.89. The predicted octanol–water partition coefficient (Wildman–Crippen LogP) is 1.72. The molecule has 0 saturated heterocycles. The van der Waals surface area contributed by atoms with E-state index in [9.17, 15) is 0 Å². The summed E-state index contributed by atoms with van der Waals surface area (Å²) in [6.07, 6.45) is 0. The molecule has 1 aromatic carbocycles. The Morgan fingerprint density at radius 2 is 1.94 bits per heavy atom. The number of rotatable bonds is 2. The molecule has 0 amide bonds. The van der Waals surface area contributed by atoms with E-state index >= 15 is 0 Å². The number of nitrogens with zero attached hydrogens (tertiary/aromatic N) is 3. The molecule has 4 heteroatoms. The van der Waals surface area contributed by atoms with E-state index in [0.29, 0.717) is 11.5 Å². The van der Waals surface area contributed by atoms with Crippen LogP contribution in [0.3, 0.4) is 0 Å². The zero-order valence-electron chi connectivity index (χ0n) is 9.81. The SMILES string of the molecule is CC(C)N=C(N)N(C)c1ccc(C#N)cc1. The van der Waals surface area contributed by atoms with Crippen molar-refractivity contribution in [2.24, 2.45) is 10.7 Å². The summed E-state index contributed by atoms with van der Waals surface area (Å²) in [5.41, 5.74) is 7.38. The first kappa shape index (κ1) is 12.1. The van der Waals surface area contributed by atoms with E-state index in [0.717, 1.165) is 5.69 Å².